The molecule has 1 aliphatic rings. The molecule has 1 heterocycles. The van der Waals surface area contributed by atoms with Crippen LogP contribution in [0.4, 0.5) is 0 Å². The summed E-state index contributed by atoms with van der Waals surface area (Å²) < 4.78 is 10.2. The highest BCUT2D eigenvalue weighted by Gasteiger charge is 2.46. The van der Waals surface area contributed by atoms with E-state index in [2.05, 4.69) is 0 Å². The summed E-state index contributed by atoms with van der Waals surface area (Å²) in [5, 5.41) is 56.4. The zero-order valence-corrected chi connectivity index (χ0v) is 10.7. The quantitative estimate of drug-likeness (QED) is 0.378. The van der Waals surface area contributed by atoms with Gasteiger partial charge in [-0.25, -0.2) is 0 Å². The Bertz CT molecular complexity index is 335. The lowest BCUT2D eigenvalue weighted by molar-refractivity contribution is -0.315. The van der Waals surface area contributed by atoms with Gasteiger partial charge in [-0.1, -0.05) is 0 Å². The van der Waals surface area contributed by atoms with Crippen LogP contribution in [0.2, 0.25) is 0 Å². The fourth-order valence-corrected chi connectivity index (χ4v) is 1.67. The normalized spacial score (nSPS) is 37.7. The Morgan fingerprint density at radius 1 is 1.26 bits per heavy atom. The zero-order valence-electron chi connectivity index (χ0n) is 10.7. The third kappa shape index (κ3) is 3.61. The lowest BCUT2D eigenvalue weighted by atomic mass is 9.98. The Hall–Kier alpha value is -0.790. The number of nitrogens with zero attached hydrogens (tertiary/aromatic N) is 1. The number of ether oxygens (including phenoxy) is 2. The minimum Gasteiger partial charge on any atom is -0.394 e. The summed E-state index contributed by atoms with van der Waals surface area (Å²) in [5.74, 6) is 0. The molecule has 6 atom stereocenters. The van der Waals surface area contributed by atoms with Gasteiger partial charge < -0.3 is 35.0 Å². The third-order valence-corrected chi connectivity index (χ3v) is 2.88. The SMILES string of the molecule is CC(C)(O)C(C#N)OC1OC(CO)C(O)C(O)C1O. The molecule has 1 fully saturated rings. The van der Waals surface area contributed by atoms with Crippen molar-refractivity contribution in [2.45, 2.75) is 56.3 Å². The molecular weight excluding hydrogens is 258 g/mol. The summed E-state index contributed by atoms with van der Waals surface area (Å²) in [6, 6.07) is 1.70. The predicted octanol–water partition coefficient (Wildman–Crippen LogP) is -2.53. The van der Waals surface area contributed by atoms with Crippen molar-refractivity contribution in [3.63, 3.8) is 0 Å². The molecule has 19 heavy (non-hydrogen) atoms. The second-order valence-electron chi connectivity index (χ2n) is 5.00. The molecule has 0 saturated carbocycles. The predicted molar refractivity (Wildman–Crippen MR) is 60.6 cm³/mol. The minimum absolute atomic E-state index is 0.593. The van der Waals surface area contributed by atoms with Gasteiger partial charge in [0.05, 0.1) is 18.3 Å². The van der Waals surface area contributed by atoms with Crippen molar-refractivity contribution in [2.24, 2.45) is 0 Å². The summed E-state index contributed by atoms with van der Waals surface area (Å²) in [6.07, 6.45) is -8.55. The van der Waals surface area contributed by atoms with Crippen LogP contribution in [-0.2, 0) is 9.47 Å². The minimum atomic E-state index is -1.60. The van der Waals surface area contributed by atoms with Gasteiger partial charge in [0.1, 0.15) is 24.4 Å². The van der Waals surface area contributed by atoms with E-state index in [1.54, 1.807) is 6.07 Å². The lowest BCUT2D eigenvalue weighted by Crippen LogP contribution is -2.60. The van der Waals surface area contributed by atoms with Crippen LogP contribution in [0.5, 0.6) is 0 Å². The van der Waals surface area contributed by atoms with E-state index in [-0.39, 0.29) is 0 Å². The standard InChI is InChI=1S/C11H19NO7/c1-11(2,17)6(3-12)19-10-9(16)8(15)7(14)5(4-13)18-10/h5-10,13-17H,4H2,1-2H3. The maximum Gasteiger partial charge on any atom is 0.188 e. The van der Waals surface area contributed by atoms with Gasteiger partial charge in [0.15, 0.2) is 12.4 Å². The monoisotopic (exact) mass is 277 g/mol. The van der Waals surface area contributed by atoms with Crippen LogP contribution in [0.3, 0.4) is 0 Å². The summed E-state index contributed by atoms with van der Waals surface area (Å²) in [5.41, 5.74) is -1.51. The Labute approximate surface area is 110 Å². The van der Waals surface area contributed by atoms with E-state index in [9.17, 15) is 20.4 Å². The van der Waals surface area contributed by atoms with Crippen LogP contribution in [0.15, 0.2) is 0 Å². The van der Waals surface area contributed by atoms with E-state index in [0.717, 1.165) is 0 Å². The molecule has 0 radical (unpaired) electrons. The molecule has 0 bridgehead atoms. The molecule has 5 N–H and O–H groups in total. The van der Waals surface area contributed by atoms with Crippen LogP contribution in [0, 0.1) is 11.3 Å². The van der Waals surface area contributed by atoms with Gasteiger partial charge >= 0.3 is 0 Å². The summed E-state index contributed by atoms with van der Waals surface area (Å²) >= 11 is 0. The molecule has 110 valence electrons. The van der Waals surface area contributed by atoms with Gasteiger partial charge in [-0.3, -0.25) is 0 Å². The average molecular weight is 277 g/mol. The van der Waals surface area contributed by atoms with Gasteiger partial charge in [0, 0.05) is 0 Å². The smallest absolute Gasteiger partial charge is 0.188 e. The van der Waals surface area contributed by atoms with E-state index in [4.69, 9.17) is 19.8 Å². The highest BCUT2D eigenvalue weighted by Crippen LogP contribution is 2.25. The largest absolute Gasteiger partial charge is 0.394 e. The number of hydrogen-bond donors (Lipinski definition) is 5. The lowest BCUT2D eigenvalue weighted by Gasteiger charge is -2.41. The average Bonchev–Trinajstić information content (AvgIpc) is 2.34. The summed E-state index contributed by atoms with van der Waals surface area (Å²) in [6.45, 7) is 2.08. The number of nitriles is 1. The van der Waals surface area contributed by atoms with E-state index < -0.39 is 49.0 Å². The highest BCUT2D eigenvalue weighted by atomic mass is 16.7. The van der Waals surface area contributed by atoms with Gasteiger partial charge in [-0.15, -0.1) is 0 Å². The number of rotatable bonds is 4. The molecule has 6 unspecified atom stereocenters. The molecule has 1 saturated heterocycles. The molecule has 0 spiro atoms. The first-order valence-electron chi connectivity index (χ1n) is 5.80. The van der Waals surface area contributed by atoms with Crippen molar-refractivity contribution in [3.8, 4) is 6.07 Å². The second kappa shape index (κ2) is 6.11. The van der Waals surface area contributed by atoms with Crippen LogP contribution >= 0.6 is 0 Å². The topological polar surface area (TPSA) is 143 Å². The molecule has 0 amide bonds. The van der Waals surface area contributed by atoms with Crippen molar-refractivity contribution in [1.29, 1.82) is 5.26 Å². The van der Waals surface area contributed by atoms with Crippen LogP contribution in [0.25, 0.3) is 0 Å². The highest BCUT2D eigenvalue weighted by molar-refractivity contribution is 4.98. The van der Waals surface area contributed by atoms with Crippen LogP contribution in [0.1, 0.15) is 13.8 Å². The van der Waals surface area contributed by atoms with E-state index in [1.165, 1.54) is 13.8 Å². The van der Waals surface area contributed by atoms with Crippen molar-refractivity contribution in [3.05, 3.63) is 0 Å². The molecule has 1 rings (SSSR count). The number of aliphatic hydroxyl groups excluding tert-OH is 4. The first-order valence-corrected chi connectivity index (χ1v) is 5.80. The van der Waals surface area contributed by atoms with Crippen molar-refractivity contribution in [1.82, 2.24) is 0 Å². The maximum atomic E-state index is 9.70. The van der Waals surface area contributed by atoms with Crippen LogP contribution in [-0.4, -0.2) is 74.6 Å². The summed E-state index contributed by atoms with van der Waals surface area (Å²) in [7, 11) is 0. The van der Waals surface area contributed by atoms with Crippen molar-refractivity contribution < 1.29 is 35.0 Å². The fourth-order valence-electron chi connectivity index (χ4n) is 1.67. The molecule has 8 nitrogen and oxygen atoms in total. The summed E-state index contributed by atoms with van der Waals surface area (Å²) in [4.78, 5) is 0. The third-order valence-electron chi connectivity index (χ3n) is 2.88. The first-order chi connectivity index (χ1) is 8.72. The molecule has 1 aliphatic heterocycles. The Morgan fingerprint density at radius 3 is 2.26 bits per heavy atom. The Kier molecular flexibility index (Phi) is 5.23. The van der Waals surface area contributed by atoms with Crippen molar-refractivity contribution >= 4 is 0 Å². The zero-order chi connectivity index (χ0) is 14.8. The van der Waals surface area contributed by atoms with Gasteiger partial charge in [0.25, 0.3) is 0 Å². The molecule has 8 heteroatoms. The Morgan fingerprint density at radius 2 is 1.84 bits per heavy atom. The van der Waals surface area contributed by atoms with Gasteiger partial charge in [0.2, 0.25) is 0 Å². The first kappa shape index (κ1) is 16.3. The van der Waals surface area contributed by atoms with Gasteiger partial charge in [-0.2, -0.15) is 5.26 Å². The van der Waals surface area contributed by atoms with Gasteiger partial charge in [-0.05, 0) is 13.8 Å². The number of hydrogen-bond acceptors (Lipinski definition) is 8. The molecule has 0 aliphatic carbocycles. The fraction of sp³-hybridized carbons (Fsp3) is 0.909. The van der Waals surface area contributed by atoms with E-state index >= 15 is 0 Å². The molecule has 0 aromatic carbocycles. The van der Waals surface area contributed by atoms with E-state index in [0.29, 0.717) is 0 Å². The maximum absolute atomic E-state index is 9.70. The van der Waals surface area contributed by atoms with Crippen LogP contribution < -0.4 is 0 Å². The molecule has 0 aromatic rings. The van der Waals surface area contributed by atoms with Crippen molar-refractivity contribution in [2.75, 3.05) is 6.61 Å². The second-order valence-corrected chi connectivity index (χ2v) is 5.00. The molecule has 0 aromatic heterocycles. The Balaban J connectivity index is 2.80. The number of aliphatic hydroxyl groups is 5. The van der Waals surface area contributed by atoms with E-state index in [1.807, 2.05) is 0 Å². The molecular formula is C11H19NO7.